The fraction of sp³-hybridized carbons (Fsp3) is 0.462. The highest BCUT2D eigenvalue weighted by molar-refractivity contribution is 7.98. The minimum Gasteiger partial charge on any atom is -0.385 e. The highest BCUT2D eigenvalue weighted by Gasteiger charge is 1.98. The Hall–Kier alpha value is -1.16. The average molecular weight is 252 g/mol. The van der Waals surface area contributed by atoms with E-state index in [1.807, 2.05) is 43.0 Å². The van der Waals surface area contributed by atoms with Crippen LogP contribution in [0, 0.1) is 0 Å². The van der Waals surface area contributed by atoms with Crippen LogP contribution in [0.2, 0.25) is 0 Å². The smallest absolute Gasteiger partial charge is 0.224 e. The van der Waals surface area contributed by atoms with Crippen molar-refractivity contribution in [1.29, 1.82) is 0 Å². The Kier molecular flexibility index (Phi) is 6.55. The summed E-state index contributed by atoms with van der Waals surface area (Å²) in [6.07, 6.45) is 3.79. The van der Waals surface area contributed by atoms with Gasteiger partial charge in [0.2, 0.25) is 5.91 Å². The van der Waals surface area contributed by atoms with Gasteiger partial charge in [0, 0.05) is 24.3 Å². The normalized spacial score (nSPS) is 10.0. The molecule has 0 aliphatic rings. The van der Waals surface area contributed by atoms with Crippen molar-refractivity contribution in [3.63, 3.8) is 0 Å². The molecule has 0 aromatic heterocycles. The van der Waals surface area contributed by atoms with Gasteiger partial charge in [-0.05, 0) is 42.7 Å². The average Bonchev–Trinajstić information content (AvgIpc) is 2.36. The lowest BCUT2D eigenvalue weighted by Gasteiger charge is -2.07. The van der Waals surface area contributed by atoms with Gasteiger partial charge in [0.25, 0.3) is 0 Å². The van der Waals surface area contributed by atoms with Crippen molar-refractivity contribution < 1.29 is 4.79 Å². The van der Waals surface area contributed by atoms with Crippen molar-refractivity contribution in [1.82, 2.24) is 0 Å². The Morgan fingerprint density at radius 3 is 2.47 bits per heavy atom. The van der Waals surface area contributed by atoms with E-state index in [-0.39, 0.29) is 5.91 Å². The number of nitrogens with one attached hydrogen (secondary N) is 2. The molecule has 0 saturated carbocycles. The van der Waals surface area contributed by atoms with Crippen LogP contribution in [0.1, 0.15) is 19.8 Å². The predicted octanol–water partition coefficient (Wildman–Crippen LogP) is 3.20. The van der Waals surface area contributed by atoms with E-state index in [1.165, 1.54) is 5.75 Å². The number of anilines is 2. The van der Waals surface area contributed by atoms with Crippen LogP contribution in [0.25, 0.3) is 0 Å². The van der Waals surface area contributed by atoms with Crippen LogP contribution in [-0.2, 0) is 4.79 Å². The second kappa shape index (κ2) is 8.01. The fourth-order valence-electron chi connectivity index (χ4n) is 1.37. The largest absolute Gasteiger partial charge is 0.385 e. The zero-order chi connectivity index (χ0) is 12.5. The van der Waals surface area contributed by atoms with Gasteiger partial charge in [0.15, 0.2) is 0 Å². The molecule has 0 saturated heterocycles. The Balaban J connectivity index is 2.36. The van der Waals surface area contributed by atoms with Crippen LogP contribution in [0.15, 0.2) is 24.3 Å². The van der Waals surface area contributed by atoms with Crippen molar-refractivity contribution in [2.24, 2.45) is 0 Å². The molecule has 0 aliphatic heterocycles. The van der Waals surface area contributed by atoms with Crippen LogP contribution < -0.4 is 10.6 Å². The summed E-state index contributed by atoms with van der Waals surface area (Å²) in [4.78, 5) is 11.2. The number of benzene rings is 1. The summed E-state index contributed by atoms with van der Waals surface area (Å²) in [5.41, 5.74) is 1.95. The van der Waals surface area contributed by atoms with Gasteiger partial charge in [-0.15, -0.1) is 0 Å². The quantitative estimate of drug-likeness (QED) is 0.732. The van der Waals surface area contributed by atoms with E-state index in [2.05, 4.69) is 16.9 Å². The minimum absolute atomic E-state index is 0.0469. The number of carbonyl (C=O) groups is 1. The molecule has 1 aromatic rings. The molecule has 0 bridgehead atoms. The zero-order valence-electron chi connectivity index (χ0n) is 10.5. The van der Waals surface area contributed by atoms with E-state index >= 15 is 0 Å². The van der Waals surface area contributed by atoms with E-state index in [4.69, 9.17) is 0 Å². The number of thioether (sulfide) groups is 1. The molecule has 0 unspecified atom stereocenters. The lowest BCUT2D eigenvalue weighted by Crippen LogP contribution is -2.09. The monoisotopic (exact) mass is 252 g/mol. The van der Waals surface area contributed by atoms with Crippen molar-refractivity contribution >= 4 is 29.0 Å². The molecule has 0 radical (unpaired) electrons. The van der Waals surface area contributed by atoms with Gasteiger partial charge in [-0.1, -0.05) is 6.92 Å². The van der Waals surface area contributed by atoms with Crippen LogP contribution in [0.5, 0.6) is 0 Å². The fourth-order valence-corrected chi connectivity index (χ4v) is 1.80. The topological polar surface area (TPSA) is 41.1 Å². The summed E-state index contributed by atoms with van der Waals surface area (Å²) in [6.45, 7) is 2.83. The second-order valence-electron chi connectivity index (χ2n) is 3.75. The van der Waals surface area contributed by atoms with E-state index in [1.54, 1.807) is 0 Å². The number of carbonyl (C=O) groups excluding carboxylic acids is 1. The molecule has 1 aromatic carbocycles. The van der Waals surface area contributed by atoms with E-state index in [0.29, 0.717) is 6.42 Å². The summed E-state index contributed by atoms with van der Waals surface area (Å²) in [5.74, 6) is 1.23. The van der Waals surface area contributed by atoms with Crippen molar-refractivity contribution in [2.75, 3.05) is 29.2 Å². The third kappa shape index (κ3) is 5.63. The van der Waals surface area contributed by atoms with Crippen molar-refractivity contribution in [3.8, 4) is 0 Å². The molecule has 1 rings (SSSR count). The predicted molar refractivity (Wildman–Crippen MR) is 76.9 cm³/mol. The maximum Gasteiger partial charge on any atom is 0.224 e. The Bertz CT molecular complexity index is 338. The molecule has 94 valence electrons. The number of hydrogen-bond donors (Lipinski definition) is 2. The third-order valence-electron chi connectivity index (χ3n) is 2.34. The molecule has 17 heavy (non-hydrogen) atoms. The maximum absolute atomic E-state index is 11.2. The summed E-state index contributed by atoms with van der Waals surface area (Å²) in [5, 5.41) is 6.17. The highest BCUT2D eigenvalue weighted by Crippen LogP contribution is 2.13. The first-order valence-corrected chi connectivity index (χ1v) is 7.28. The molecule has 3 nitrogen and oxygen atoms in total. The lowest BCUT2D eigenvalue weighted by atomic mass is 10.2. The molecule has 0 fully saturated rings. The molecule has 2 N–H and O–H groups in total. The summed E-state index contributed by atoms with van der Waals surface area (Å²) >= 11 is 1.86. The standard InChI is InChI=1S/C13H20N2OS/c1-3-13(16)15-12-7-5-11(6-8-12)14-9-4-10-17-2/h5-8,14H,3-4,9-10H2,1-2H3,(H,15,16). The van der Waals surface area contributed by atoms with Crippen LogP contribution in [-0.4, -0.2) is 24.5 Å². The lowest BCUT2D eigenvalue weighted by molar-refractivity contribution is -0.115. The maximum atomic E-state index is 11.2. The molecular formula is C13H20N2OS. The number of rotatable bonds is 7. The summed E-state index contributed by atoms with van der Waals surface area (Å²) in [7, 11) is 0. The van der Waals surface area contributed by atoms with E-state index < -0.39 is 0 Å². The first-order valence-electron chi connectivity index (χ1n) is 5.89. The highest BCUT2D eigenvalue weighted by atomic mass is 32.2. The molecule has 0 spiro atoms. The zero-order valence-corrected chi connectivity index (χ0v) is 11.3. The van der Waals surface area contributed by atoms with Crippen molar-refractivity contribution in [2.45, 2.75) is 19.8 Å². The molecule has 0 aliphatic carbocycles. The number of hydrogen-bond acceptors (Lipinski definition) is 3. The molecule has 4 heteroatoms. The Morgan fingerprint density at radius 1 is 1.24 bits per heavy atom. The van der Waals surface area contributed by atoms with Gasteiger partial charge < -0.3 is 10.6 Å². The minimum atomic E-state index is 0.0469. The SMILES string of the molecule is CCC(=O)Nc1ccc(NCCCSC)cc1. The molecule has 0 heterocycles. The Labute approximate surface area is 107 Å². The van der Waals surface area contributed by atoms with Gasteiger partial charge in [0.05, 0.1) is 0 Å². The van der Waals surface area contributed by atoms with Crippen LogP contribution in [0.4, 0.5) is 11.4 Å². The van der Waals surface area contributed by atoms with E-state index in [0.717, 1.165) is 24.3 Å². The first kappa shape index (κ1) is 13.9. The molecular weight excluding hydrogens is 232 g/mol. The molecule has 0 atom stereocenters. The first-order chi connectivity index (χ1) is 8.26. The van der Waals surface area contributed by atoms with E-state index in [9.17, 15) is 4.79 Å². The summed E-state index contributed by atoms with van der Waals surface area (Å²) < 4.78 is 0. The van der Waals surface area contributed by atoms with Gasteiger partial charge >= 0.3 is 0 Å². The van der Waals surface area contributed by atoms with Gasteiger partial charge in [0.1, 0.15) is 0 Å². The summed E-state index contributed by atoms with van der Waals surface area (Å²) in [6, 6.07) is 7.82. The van der Waals surface area contributed by atoms with Crippen LogP contribution in [0.3, 0.4) is 0 Å². The molecule has 1 amide bonds. The number of amides is 1. The second-order valence-corrected chi connectivity index (χ2v) is 4.74. The van der Waals surface area contributed by atoms with Gasteiger partial charge in [-0.3, -0.25) is 4.79 Å². The van der Waals surface area contributed by atoms with Gasteiger partial charge in [-0.2, -0.15) is 11.8 Å². The van der Waals surface area contributed by atoms with Crippen LogP contribution >= 0.6 is 11.8 Å². The third-order valence-corrected chi connectivity index (χ3v) is 3.04. The van der Waals surface area contributed by atoms with Gasteiger partial charge in [-0.25, -0.2) is 0 Å². The van der Waals surface area contributed by atoms with Crippen molar-refractivity contribution in [3.05, 3.63) is 24.3 Å². The Morgan fingerprint density at radius 2 is 1.88 bits per heavy atom.